The van der Waals surface area contributed by atoms with E-state index in [0.717, 1.165) is 70.2 Å². The third kappa shape index (κ3) is 4.32. The molecule has 2 saturated heterocycles. The van der Waals surface area contributed by atoms with Crippen LogP contribution in [0.5, 0.6) is 5.75 Å². The van der Waals surface area contributed by atoms with Crippen LogP contribution < -0.4 is 10.1 Å². The number of benzene rings is 1. The molecule has 2 aliphatic rings. The van der Waals surface area contributed by atoms with Crippen molar-refractivity contribution in [3.05, 3.63) is 29.8 Å². The molecule has 6 heteroatoms. The highest BCUT2D eigenvalue weighted by Gasteiger charge is 2.33. The summed E-state index contributed by atoms with van der Waals surface area (Å²) >= 11 is 0. The summed E-state index contributed by atoms with van der Waals surface area (Å²) in [6, 6.07) is 7.75. The SMILES string of the molecule is CCN1CCN(C(=O)C(c2cccc(OC)c2)N2CCNCC2)CC1. The summed E-state index contributed by atoms with van der Waals surface area (Å²) in [5.41, 5.74) is 1.03. The molecule has 0 bridgehead atoms. The van der Waals surface area contributed by atoms with Gasteiger partial charge in [0, 0.05) is 52.4 Å². The maximum Gasteiger partial charge on any atom is 0.244 e. The van der Waals surface area contributed by atoms with Crippen molar-refractivity contribution in [1.82, 2.24) is 20.0 Å². The first-order chi connectivity index (χ1) is 12.2. The molecule has 6 nitrogen and oxygen atoms in total. The Bertz CT molecular complexity index is 566. The van der Waals surface area contributed by atoms with Crippen LogP contribution in [0.25, 0.3) is 0 Å². The zero-order valence-electron chi connectivity index (χ0n) is 15.4. The van der Waals surface area contributed by atoms with Gasteiger partial charge in [0.2, 0.25) is 5.91 Å². The van der Waals surface area contributed by atoms with Crippen LogP contribution in [0, 0.1) is 0 Å². The summed E-state index contributed by atoms with van der Waals surface area (Å²) in [4.78, 5) is 20.1. The second-order valence-corrected chi connectivity index (χ2v) is 6.72. The molecule has 0 aromatic heterocycles. The molecular formula is C19H30N4O2. The van der Waals surface area contributed by atoms with Crippen LogP contribution in [-0.2, 0) is 4.79 Å². The van der Waals surface area contributed by atoms with Crippen molar-refractivity contribution in [1.29, 1.82) is 0 Å². The lowest BCUT2D eigenvalue weighted by atomic mass is 10.0. The molecule has 1 aromatic carbocycles. The Morgan fingerprint density at radius 1 is 1.16 bits per heavy atom. The van der Waals surface area contributed by atoms with E-state index in [2.05, 4.69) is 28.1 Å². The third-order valence-electron chi connectivity index (χ3n) is 5.29. The predicted molar refractivity (Wildman–Crippen MR) is 98.9 cm³/mol. The van der Waals surface area contributed by atoms with Gasteiger partial charge in [0.1, 0.15) is 11.8 Å². The third-order valence-corrected chi connectivity index (χ3v) is 5.29. The zero-order chi connectivity index (χ0) is 17.6. The Morgan fingerprint density at radius 3 is 2.52 bits per heavy atom. The molecule has 3 rings (SSSR count). The van der Waals surface area contributed by atoms with Gasteiger partial charge in [0.25, 0.3) is 0 Å². The number of rotatable bonds is 5. The lowest BCUT2D eigenvalue weighted by Crippen LogP contribution is -2.54. The first-order valence-electron chi connectivity index (χ1n) is 9.32. The average Bonchev–Trinajstić information content (AvgIpc) is 2.69. The predicted octanol–water partition coefficient (Wildman–Crippen LogP) is 0.806. The minimum absolute atomic E-state index is 0.217. The Hall–Kier alpha value is -1.63. The zero-order valence-corrected chi connectivity index (χ0v) is 15.4. The van der Waals surface area contributed by atoms with E-state index in [1.807, 2.05) is 23.1 Å². The molecule has 1 atom stereocenters. The fraction of sp³-hybridized carbons (Fsp3) is 0.632. The van der Waals surface area contributed by atoms with Crippen LogP contribution >= 0.6 is 0 Å². The summed E-state index contributed by atoms with van der Waals surface area (Å²) in [5.74, 6) is 1.03. The van der Waals surface area contributed by atoms with Crippen LogP contribution in [0.1, 0.15) is 18.5 Å². The van der Waals surface area contributed by atoms with Gasteiger partial charge < -0.3 is 19.9 Å². The van der Waals surface area contributed by atoms with E-state index in [1.54, 1.807) is 7.11 Å². The average molecular weight is 346 g/mol. The number of likely N-dealkylation sites (N-methyl/N-ethyl adjacent to an activating group) is 1. The molecule has 1 amide bonds. The molecule has 1 N–H and O–H groups in total. The fourth-order valence-electron chi connectivity index (χ4n) is 3.72. The van der Waals surface area contributed by atoms with Crippen LogP contribution in [0.4, 0.5) is 0 Å². The van der Waals surface area contributed by atoms with Crippen molar-refractivity contribution >= 4 is 5.91 Å². The van der Waals surface area contributed by atoms with Crippen molar-refractivity contribution in [3.8, 4) is 5.75 Å². The van der Waals surface area contributed by atoms with E-state index in [9.17, 15) is 4.79 Å². The lowest BCUT2D eigenvalue weighted by Gasteiger charge is -2.40. The molecule has 0 saturated carbocycles. The number of hydrogen-bond acceptors (Lipinski definition) is 5. The van der Waals surface area contributed by atoms with Gasteiger partial charge in [-0.1, -0.05) is 19.1 Å². The highest BCUT2D eigenvalue weighted by Crippen LogP contribution is 2.27. The van der Waals surface area contributed by atoms with Gasteiger partial charge in [-0.05, 0) is 24.2 Å². The van der Waals surface area contributed by atoms with Crippen molar-refractivity contribution in [2.75, 3.05) is 66.0 Å². The molecule has 0 radical (unpaired) electrons. The second kappa shape index (κ2) is 8.65. The van der Waals surface area contributed by atoms with Gasteiger partial charge in [-0.25, -0.2) is 0 Å². The first kappa shape index (κ1) is 18.2. The number of amides is 1. The number of ether oxygens (including phenoxy) is 1. The number of carbonyl (C=O) groups excluding carboxylic acids is 1. The molecule has 2 fully saturated rings. The molecule has 25 heavy (non-hydrogen) atoms. The van der Waals surface area contributed by atoms with Crippen LogP contribution in [-0.4, -0.2) is 86.6 Å². The molecule has 1 unspecified atom stereocenters. The molecular weight excluding hydrogens is 316 g/mol. The van der Waals surface area contributed by atoms with E-state index in [4.69, 9.17) is 4.74 Å². The summed E-state index contributed by atoms with van der Waals surface area (Å²) in [6.07, 6.45) is 0. The van der Waals surface area contributed by atoms with Gasteiger partial charge >= 0.3 is 0 Å². The maximum absolute atomic E-state index is 13.4. The largest absolute Gasteiger partial charge is 0.497 e. The van der Waals surface area contributed by atoms with E-state index >= 15 is 0 Å². The monoisotopic (exact) mass is 346 g/mol. The first-order valence-corrected chi connectivity index (χ1v) is 9.32. The number of methoxy groups -OCH3 is 1. The molecule has 1 aromatic rings. The maximum atomic E-state index is 13.4. The van der Waals surface area contributed by atoms with Gasteiger partial charge in [-0.15, -0.1) is 0 Å². The van der Waals surface area contributed by atoms with E-state index in [1.165, 1.54) is 0 Å². The highest BCUT2D eigenvalue weighted by atomic mass is 16.5. The van der Waals surface area contributed by atoms with Gasteiger partial charge in [-0.2, -0.15) is 0 Å². The molecule has 2 aliphatic heterocycles. The standard InChI is InChI=1S/C19H30N4O2/c1-3-21-11-13-23(14-12-21)19(24)18(22-9-7-20-8-10-22)16-5-4-6-17(15-16)25-2/h4-6,15,18,20H,3,7-14H2,1-2H3. The van der Waals surface area contributed by atoms with Gasteiger partial charge in [0.15, 0.2) is 0 Å². The Morgan fingerprint density at radius 2 is 1.88 bits per heavy atom. The summed E-state index contributed by atoms with van der Waals surface area (Å²) in [6.45, 7) is 10.4. The van der Waals surface area contributed by atoms with E-state index in [-0.39, 0.29) is 11.9 Å². The summed E-state index contributed by atoms with van der Waals surface area (Å²) < 4.78 is 5.38. The highest BCUT2D eigenvalue weighted by molar-refractivity contribution is 5.83. The van der Waals surface area contributed by atoms with Crippen LogP contribution in [0.2, 0.25) is 0 Å². The van der Waals surface area contributed by atoms with E-state index < -0.39 is 0 Å². The lowest BCUT2D eigenvalue weighted by molar-refractivity contribution is -0.139. The topological polar surface area (TPSA) is 48.1 Å². The molecule has 2 heterocycles. The molecule has 0 aliphatic carbocycles. The minimum Gasteiger partial charge on any atom is -0.497 e. The van der Waals surface area contributed by atoms with E-state index in [0.29, 0.717) is 0 Å². The number of piperazine rings is 2. The van der Waals surface area contributed by atoms with Crippen LogP contribution in [0.3, 0.4) is 0 Å². The number of hydrogen-bond donors (Lipinski definition) is 1. The number of carbonyl (C=O) groups is 1. The second-order valence-electron chi connectivity index (χ2n) is 6.72. The number of nitrogens with one attached hydrogen (secondary N) is 1. The van der Waals surface area contributed by atoms with Crippen molar-refractivity contribution in [2.45, 2.75) is 13.0 Å². The molecule has 0 spiro atoms. The van der Waals surface area contributed by atoms with Gasteiger partial charge in [-0.3, -0.25) is 9.69 Å². The van der Waals surface area contributed by atoms with Crippen molar-refractivity contribution < 1.29 is 9.53 Å². The summed E-state index contributed by atoms with van der Waals surface area (Å²) in [7, 11) is 1.67. The Kier molecular flexibility index (Phi) is 6.29. The summed E-state index contributed by atoms with van der Waals surface area (Å²) in [5, 5.41) is 3.38. The fourth-order valence-corrected chi connectivity index (χ4v) is 3.72. The molecule has 138 valence electrons. The van der Waals surface area contributed by atoms with Gasteiger partial charge in [0.05, 0.1) is 7.11 Å². The smallest absolute Gasteiger partial charge is 0.244 e. The van der Waals surface area contributed by atoms with Crippen LogP contribution in [0.15, 0.2) is 24.3 Å². The quantitative estimate of drug-likeness (QED) is 0.855. The normalized spacial score (nSPS) is 21.1. The van der Waals surface area contributed by atoms with Crippen molar-refractivity contribution in [3.63, 3.8) is 0 Å². The Labute approximate surface area is 150 Å². The van der Waals surface area contributed by atoms with Crippen molar-refractivity contribution in [2.24, 2.45) is 0 Å². The Balaban J connectivity index is 1.81. The minimum atomic E-state index is -0.217. The number of nitrogens with zero attached hydrogens (tertiary/aromatic N) is 3.